The summed E-state index contributed by atoms with van der Waals surface area (Å²) in [6.45, 7) is 0.249. The smallest absolute Gasteiger partial charge is 0.293 e. The van der Waals surface area contributed by atoms with Gasteiger partial charge in [0.25, 0.3) is 11.1 Å². The third-order valence-electron chi connectivity index (χ3n) is 4.56. The first-order chi connectivity index (χ1) is 13.6. The van der Waals surface area contributed by atoms with E-state index >= 15 is 0 Å². The van der Waals surface area contributed by atoms with Crippen LogP contribution in [0.2, 0.25) is 0 Å². The van der Waals surface area contributed by atoms with Gasteiger partial charge >= 0.3 is 0 Å². The molecule has 0 aromatic heterocycles. The van der Waals surface area contributed by atoms with E-state index in [4.69, 9.17) is 4.74 Å². The quantitative estimate of drug-likeness (QED) is 0.465. The highest BCUT2D eigenvalue weighted by Gasteiger charge is 2.35. The number of carbonyl (C=O) groups is 2. The fourth-order valence-electron chi connectivity index (χ4n) is 3.20. The van der Waals surface area contributed by atoms with Crippen LogP contribution in [0.3, 0.4) is 0 Å². The Labute approximate surface area is 175 Å². The summed E-state index contributed by atoms with van der Waals surface area (Å²) in [6.07, 6.45) is 1.71. The number of halogens is 1. The first-order valence-corrected chi connectivity index (χ1v) is 10.2. The number of amides is 2. The lowest BCUT2D eigenvalue weighted by Gasteiger charge is -2.14. The first-order valence-electron chi connectivity index (χ1n) is 8.62. The van der Waals surface area contributed by atoms with Gasteiger partial charge in [0, 0.05) is 10.0 Å². The summed E-state index contributed by atoms with van der Waals surface area (Å²) in [4.78, 5) is 27.1. The lowest BCUT2D eigenvalue weighted by molar-refractivity contribution is -0.123. The second-order valence-corrected chi connectivity index (χ2v) is 8.20. The number of carbonyl (C=O) groups excluding carboxylic acids is 2. The van der Waals surface area contributed by atoms with Crippen molar-refractivity contribution in [2.45, 2.75) is 6.54 Å². The molecule has 4 nitrogen and oxygen atoms in total. The number of fused-ring (bicyclic) bond motifs is 1. The summed E-state index contributed by atoms with van der Waals surface area (Å²) in [7, 11) is 1.58. The molecule has 3 aromatic rings. The highest BCUT2D eigenvalue weighted by molar-refractivity contribution is 9.10. The van der Waals surface area contributed by atoms with Gasteiger partial charge in [0.2, 0.25) is 0 Å². The van der Waals surface area contributed by atoms with Gasteiger partial charge in [0.1, 0.15) is 5.75 Å². The molecule has 140 valence electrons. The maximum atomic E-state index is 12.9. The second kappa shape index (κ2) is 7.81. The molecule has 1 aliphatic rings. The van der Waals surface area contributed by atoms with Crippen LogP contribution in [-0.4, -0.2) is 23.2 Å². The fraction of sp³-hybridized carbons (Fsp3) is 0.0909. The number of methoxy groups -OCH3 is 1. The molecular formula is C22H16BrNO3S. The van der Waals surface area contributed by atoms with E-state index in [1.165, 1.54) is 4.90 Å². The topological polar surface area (TPSA) is 46.6 Å². The molecule has 1 saturated heterocycles. The Morgan fingerprint density at radius 3 is 2.68 bits per heavy atom. The number of hydrogen-bond acceptors (Lipinski definition) is 4. The molecule has 0 unspecified atom stereocenters. The highest BCUT2D eigenvalue weighted by Crippen LogP contribution is 2.36. The monoisotopic (exact) mass is 453 g/mol. The van der Waals surface area contributed by atoms with Gasteiger partial charge in [-0.15, -0.1) is 0 Å². The van der Waals surface area contributed by atoms with Gasteiger partial charge in [-0.05, 0) is 52.4 Å². The van der Waals surface area contributed by atoms with Crippen LogP contribution in [0.4, 0.5) is 4.79 Å². The van der Waals surface area contributed by atoms with Crippen molar-refractivity contribution in [3.63, 3.8) is 0 Å². The number of hydrogen-bond donors (Lipinski definition) is 0. The highest BCUT2D eigenvalue weighted by atomic mass is 79.9. The Morgan fingerprint density at radius 2 is 1.86 bits per heavy atom. The van der Waals surface area contributed by atoms with Gasteiger partial charge in [-0.2, -0.15) is 0 Å². The third-order valence-corrected chi connectivity index (χ3v) is 5.96. The number of imide groups is 1. The average Bonchev–Trinajstić information content (AvgIpc) is 2.96. The van der Waals surface area contributed by atoms with E-state index in [-0.39, 0.29) is 17.7 Å². The van der Waals surface area contributed by atoms with E-state index in [0.29, 0.717) is 10.7 Å². The van der Waals surface area contributed by atoms with Crippen molar-refractivity contribution in [3.05, 3.63) is 81.2 Å². The second-order valence-electron chi connectivity index (χ2n) is 6.29. The summed E-state index contributed by atoms with van der Waals surface area (Å²) < 4.78 is 6.23. The molecule has 6 heteroatoms. The van der Waals surface area contributed by atoms with Crippen LogP contribution in [0.25, 0.3) is 16.8 Å². The standard InChI is InChI=1S/C22H16BrNO3S/c1-27-19-10-9-17(23)11-16(19)12-20-21(25)24(22(26)28-20)13-15-7-4-6-14-5-2-3-8-18(14)15/h2-12H,13H2,1H3/b20-12-. The molecule has 1 fully saturated rings. The zero-order chi connectivity index (χ0) is 19.7. The van der Waals surface area contributed by atoms with E-state index in [2.05, 4.69) is 15.9 Å². The summed E-state index contributed by atoms with van der Waals surface area (Å²) in [5.74, 6) is 0.356. The molecule has 0 spiro atoms. The van der Waals surface area contributed by atoms with E-state index in [1.807, 2.05) is 60.7 Å². The lowest BCUT2D eigenvalue weighted by Crippen LogP contribution is -2.27. The molecule has 0 atom stereocenters. The Hall–Kier alpha value is -2.57. The molecule has 3 aromatic carbocycles. The number of nitrogens with zero attached hydrogens (tertiary/aromatic N) is 1. The lowest BCUT2D eigenvalue weighted by atomic mass is 10.0. The van der Waals surface area contributed by atoms with E-state index in [1.54, 1.807) is 13.2 Å². The van der Waals surface area contributed by atoms with Crippen LogP contribution in [0.5, 0.6) is 5.75 Å². The predicted molar refractivity (Wildman–Crippen MR) is 116 cm³/mol. The SMILES string of the molecule is COc1ccc(Br)cc1/C=C1\SC(=O)N(Cc2cccc3ccccc23)C1=O. The zero-order valence-corrected chi connectivity index (χ0v) is 17.4. The molecule has 0 saturated carbocycles. The Kier molecular flexibility index (Phi) is 5.24. The van der Waals surface area contributed by atoms with Crippen molar-refractivity contribution in [1.82, 2.24) is 4.90 Å². The normalized spacial score (nSPS) is 15.6. The van der Waals surface area contributed by atoms with Gasteiger partial charge in [-0.1, -0.05) is 58.4 Å². The maximum absolute atomic E-state index is 12.9. The molecule has 2 amide bonds. The van der Waals surface area contributed by atoms with Crippen molar-refractivity contribution in [2.75, 3.05) is 7.11 Å². The summed E-state index contributed by atoms with van der Waals surface area (Å²) in [6, 6.07) is 19.4. The zero-order valence-electron chi connectivity index (χ0n) is 15.0. The van der Waals surface area contributed by atoms with Crippen LogP contribution >= 0.6 is 27.7 Å². The van der Waals surface area contributed by atoms with Crippen molar-refractivity contribution < 1.29 is 14.3 Å². The van der Waals surface area contributed by atoms with Crippen molar-refractivity contribution in [1.29, 1.82) is 0 Å². The van der Waals surface area contributed by atoms with Crippen LogP contribution < -0.4 is 4.74 Å². The van der Waals surface area contributed by atoms with Crippen LogP contribution in [-0.2, 0) is 11.3 Å². The van der Waals surface area contributed by atoms with Crippen molar-refractivity contribution in [2.24, 2.45) is 0 Å². The maximum Gasteiger partial charge on any atom is 0.293 e. The number of rotatable bonds is 4. The van der Waals surface area contributed by atoms with Gasteiger partial charge in [-0.3, -0.25) is 14.5 Å². The molecule has 1 heterocycles. The van der Waals surface area contributed by atoms with Gasteiger partial charge in [0.15, 0.2) is 0 Å². The minimum atomic E-state index is -0.287. The number of benzene rings is 3. The van der Waals surface area contributed by atoms with Gasteiger partial charge < -0.3 is 4.74 Å². The number of thioether (sulfide) groups is 1. The molecule has 0 bridgehead atoms. The van der Waals surface area contributed by atoms with Crippen LogP contribution in [0.1, 0.15) is 11.1 Å². The van der Waals surface area contributed by atoms with Gasteiger partial charge in [-0.25, -0.2) is 0 Å². The Balaban J connectivity index is 1.65. The van der Waals surface area contributed by atoms with Crippen LogP contribution in [0.15, 0.2) is 70.0 Å². The molecule has 0 aliphatic carbocycles. The largest absolute Gasteiger partial charge is 0.496 e. The molecule has 28 heavy (non-hydrogen) atoms. The summed E-state index contributed by atoms with van der Waals surface area (Å²) in [5, 5.41) is 1.86. The summed E-state index contributed by atoms with van der Waals surface area (Å²) in [5.41, 5.74) is 1.69. The molecule has 1 aliphatic heterocycles. The average molecular weight is 454 g/mol. The van der Waals surface area contributed by atoms with Crippen LogP contribution in [0, 0.1) is 0 Å². The van der Waals surface area contributed by atoms with E-state index in [9.17, 15) is 9.59 Å². The number of ether oxygens (including phenoxy) is 1. The fourth-order valence-corrected chi connectivity index (χ4v) is 4.40. The molecule has 4 rings (SSSR count). The minimum Gasteiger partial charge on any atom is -0.496 e. The third kappa shape index (κ3) is 3.57. The van der Waals surface area contributed by atoms with E-state index < -0.39 is 0 Å². The van der Waals surface area contributed by atoms with Gasteiger partial charge in [0.05, 0.1) is 18.6 Å². The summed E-state index contributed by atoms with van der Waals surface area (Å²) >= 11 is 4.38. The van der Waals surface area contributed by atoms with E-state index in [0.717, 1.165) is 38.1 Å². The molecular weight excluding hydrogens is 438 g/mol. The minimum absolute atomic E-state index is 0.249. The molecule has 0 N–H and O–H groups in total. The first kappa shape index (κ1) is 18.8. The van der Waals surface area contributed by atoms with Crippen molar-refractivity contribution in [3.8, 4) is 5.75 Å². The van der Waals surface area contributed by atoms with Crippen molar-refractivity contribution >= 4 is 55.7 Å². The molecule has 0 radical (unpaired) electrons. The Morgan fingerprint density at radius 1 is 1.07 bits per heavy atom. The Bertz CT molecular complexity index is 1120. The predicted octanol–water partition coefficient (Wildman–Crippen LogP) is 5.85.